The molecule has 2 aliphatic heterocycles. The zero-order chi connectivity index (χ0) is 20.1. The van der Waals surface area contributed by atoms with Gasteiger partial charge >= 0.3 is 6.03 Å². The number of rotatable bonds is 5. The molecular weight excluding hydrogens is 382 g/mol. The van der Waals surface area contributed by atoms with Crippen LogP contribution in [-0.2, 0) is 6.54 Å². The Morgan fingerprint density at radius 3 is 2.48 bits per heavy atom. The third kappa shape index (κ3) is 4.99. The van der Waals surface area contributed by atoms with Crippen LogP contribution < -0.4 is 15.0 Å². The third-order valence-corrected chi connectivity index (χ3v) is 6.76. The van der Waals surface area contributed by atoms with E-state index in [1.165, 1.54) is 22.8 Å². The zero-order valence-electron chi connectivity index (χ0n) is 17.0. The van der Waals surface area contributed by atoms with Crippen molar-refractivity contribution in [2.75, 3.05) is 49.7 Å². The molecule has 2 aliphatic rings. The van der Waals surface area contributed by atoms with E-state index >= 15 is 0 Å². The molecule has 29 heavy (non-hydrogen) atoms. The van der Waals surface area contributed by atoms with Crippen LogP contribution in [-0.4, -0.2) is 55.7 Å². The molecule has 5 nitrogen and oxygen atoms in total. The number of nitrogens with one attached hydrogen (secondary N) is 1. The number of hydrogen-bond donors (Lipinski definition) is 1. The van der Waals surface area contributed by atoms with Gasteiger partial charge in [0, 0.05) is 55.8 Å². The van der Waals surface area contributed by atoms with Crippen molar-refractivity contribution in [3.05, 3.63) is 59.7 Å². The minimum atomic E-state index is 0.0261. The van der Waals surface area contributed by atoms with Crippen molar-refractivity contribution in [1.82, 2.24) is 10.2 Å². The molecule has 4 rings (SSSR count). The van der Waals surface area contributed by atoms with Gasteiger partial charge in [-0.2, -0.15) is 11.8 Å². The normalized spacial score (nSPS) is 19.3. The SMILES string of the molecule is COc1ccc(C2CCN(C(=O)NCc3ccc(N4CCSCC4)cc3)C2)cc1. The number of likely N-dealkylation sites (tertiary alicyclic amines) is 1. The highest BCUT2D eigenvalue weighted by atomic mass is 32.2. The summed E-state index contributed by atoms with van der Waals surface area (Å²) in [7, 11) is 1.68. The summed E-state index contributed by atoms with van der Waals surface area (Å²) in [5, 5.41) is 3.08. The Bertz CT molecular complexity index is 804. The van der Waals surface area contributed by atoms with Crippen molar-refractivity contribution < 1.29 is 9.53 Å². The monoisotopic (exact) mass is 411 g/mol. The third-order valence-electron chi connectivity index (χ3n) is 5.82. The number of urea groups is 1. The van der Waals surface area contributed by atoms with Crippen molar-refractivity contribution in [3.63, 3.8) is 0 Å². The first kappa shape index (κ1) is 20.0. The number of benzene rings is 2. The summed E-state index contributed by atoms with van der Waals surface area (Å²) in [5.74, 6) is 3.66. The fraction of sp³-hybridized carbons (Fsp3) is 0.435. The molecule has 0 bridgehead atoms. The van der Waals surface area contributed by atoms with Gasteiger partial charge in [-0.15, -0.1) is 0 Å². The lowest BCUT2D eigenvalue weighted by Gasteiger charge is -2.28. The molecule has 1 atom stereocenters. The number of carbonyl (C=O) groups is 1. The summed E-state index contributed by atoms with van der Waals surface area (Å²) in [6.07, 6.45) is 1.00. The lowest BCUT2D eigenvalue weighted by molar-refractivity contribution is 0.208. The summed E-state index contributed by atoms with van der Waals surface area (Å²) in [4.78, 5) is 17.0. The first-order valence-corrected chi connectivity index (χ1v) is 11.5. The lowest BCUT2D eigenvalue weighted by atomic mass is 9.98. The van der Waals surface area contributed by atoms with Gasteiger partial charge < -0.3 is 19.9 Å². The zero-order valence-corrected chi connectivity index (χ0v) is 17.8. The van der Waals surface area contributed by atoms with Gasteiger partial charge in [0.1, 0.15) is 5.75 Å². The van der Waals surface area contributed by atoms with Crippen LogP contribution in [0.25, 0.3) is 0 Å². The predicted octanol–water partition coefficient (Wildman–Crippen LogP) is 3.95. The number of nitrogens with zero attached hydrogens (tertiary/aromatic N) is 2. The lowest BCUT2D eigenvalue weighted by Crippen LogP contribution is -2.38. The summed E-state index contributed by atoms with van der Waals surface area (Å²) < 4.78 is 5.23. The standard InChI is InChI=1S/C23H29N3O2S/c1-28-22-8-4-19(5-9-22)20-10-11-26(17-20)23(27)24-16-18-2-6-21(7-3-18)25-12-14-29-15-13-25/h2-9,20H,10-17H2,1H3,(H,24,27). The van der Waals surface area contributed by atoms with Gasteiger partial charge in [0.2, 0.25) is 0 Å². The molecule has 0 saturated carbocycles. The van der Waals surface area contributed by atoms with Crippen molar-refractivity contribution in [2.24, 2.45) is 0 Å². The molecule has 0 aliphatic carbocycles. The molecule has 2 fully saturated rings. The van der Waals surface area contributed by atoms with E-state index in [0.717, 1.165) is 43.9 Å². The molecule has 154 valence electrons. The molecule has 0 aromatic heterocycles. The Morgan fingerprint density at radius 1 is 1.07 bits per heavy atom. The highest BCUT2D eigenvalue weighted by Crippen LogP contribution is 2.28. The predicted molar refractivity (Wildman–Crippen MR) is 120 cm³/mol. The smallest absolute Gasteiger partial charge is 0.317 e. The number of methoxy groups -OCH3 is 1. The number of ether oxygens (including phenoxy) is 1. The average molecular weight is 412 g/mol. The van der Waals surface area contributed by atoms with Gasteiger partial charge in [-0.25, -0.2) is 4.79 Å². The highest BCUT2D eigenvalue weighted by molar-refractivity contribution is 7.99. The Morgan fingerprint density at radius 2 is 1.79 bits per heavy atom. The molecule has 0 radical (unpaired) electrons. The molecule has 2 saturated heterocycles. The van der Waals surface area contributed by atoms with Gasteiger partial charge in [0.05, 0.1) is 7.11 Å². The first-order chi connectivity index (χ1) is 14.2. The van der Waals surface area contributed by atoms with E-state index in [-0.39, 0.29) is 6.03 Å². The second-order valence-electron chi connectivity index (χ2n) is 7.63. The molecule has 2 heterocycles. The molecular formula is C23H29N3O2S. The largest absolute Gasteiger partial charge is 0.497 e. The summed E-state index contributed by atoms with van der Waals surface area (Å²) in [6, 6.07) is 16.8. The Hall–Kier alpha value is -2.34. The van der Waals surface area contributed by atoms with Gasteiger partial charge in [0.25, 0.3) is 0 Å². The Kier molecular flexibility index (Phi) is 6.49. The van der Waals surface area contributed by atoms with Crippen LogP contribution in [0.5, 0.6) is 5.75 Å². The summed E-state index contributed by atoms with van der Waals surface area (Å²) in [5.41, 5.74) is 3.69. The first-order valence-electron chi connectivity index (χ1n) is 10.3. The van der Waals surface area contributed by atoms with E-state index in [2.05, 4.69) is 46.6 Å². The quantitative estimate of drug-likeness (QED) is 0.809. The number of hydrogen-bond acceptors (Lipinski definition) is 4. The number of amides is 2. The van der Waals surface area contributed by atoms with Crippen LogP contribution in [0.1, 0.15) is 23.5 Å². The average Bonchev–Trinajstić information content (AvgIpc) is 3.29. The van der Waals surface area contributed by atoms with E-state index < -0.39 is 0 Å². The molecule has 6 heteroatoms. The molecule has 2 aromatic carbocycles. The minimum Gasteiger partial charge on any atom is -0.497 e. The Balaban J connectivity index is 1.26. The van der Waals surface area contributed by atoms with Gasteiger partial charge in [0.15, 0.2) is 0 Å². The van der Waals surface area contributed by atoms with Crippen LogP contribution in [0.4, 0.5) is 10.5 Å². The fourth-order valence-electron chi connectivity index (χ4n) is 4.03. The number of anilines is 1. The minimum absolute atomic E-state index is 0.0261. The van der Waals surface area contributed by atoms with Crippen molar-refractivity contribution in [3.8, 4) is 5.75 Å². The fourth-order valence-corrected chi connectivity index (χ4v) is 4.93. The van der Waals surface area contributed by atoms with E-state index in [9.17, 15) is 4.79 Å². The second-order valence-corrected chi connectivity index (χ2v) is 8.85. The maximum atomic E-state index is 12.6. The van der Waals surface area contributed by atoms with Gasteiger partial charge in [-0.05, 0) is 41.8 Å². The van der Waals surface area contributed by atoms with E-state index in [0.29, 0.717) is 12.5 Å². The Labute approximate surface area is 177 Å². The van der Waals surface area contributed by atoms with Crippen LogP contribution in [0.15, 0.2) is 48.5 Å². The van der Waals surface area contributed by atoms with E-state index in [4.69, 9.17) is 4.74 Å². The van der Waals surface area contributed by atoms with Crippen LogP contribution in [0, 0.1) is 0 Å². The number of carbonyl (C=O) groups excluding carboxylic acids is 1. The number of thioether (sulfide) groups is 1. The van der Waals surface area contributed by atoms with Gasteiger partial charge in [-0.1, -0.05) is 24.3 Å². The summed E-state index contributed by atoms with van der Waals surface area (Å²) >= 11 is 2.02. The van der Waals surface area contributed by atoms with Crippen LogP contribution >= 0.6 is 11.8 Å². The van der Waals surface area contributed by atoms with Crippen molar-refractivity contribution >= 4 is 23.5 Å². The van der Waals surface area contributed by atoms with Crippen molar-refractivity contribution in [2.45, 2.75) is 18.9 Å². The maximum Gasteiger partial charge on any atom is 0.317 e. The maximum absolute atomic E-state index is 12.6. The molecule has 0 spiro atoms. The van der Waals surface area contributed by atoms with E-state index in [1.54, 1.807) is 7.11 Å². The van der Waals surface area contributed by atoms with Gasteiger partial charge in [-0.3, -0.25) is 0 Å². The van der Waals surface area contributed by atoms with Crippen LogP contribution in [0.2, 0.25) is 0 Å². The molecule has 1 unspecified atom stereocenters. The van der Waals surface area contributed by atoms with Crippen LogP contribution in [0.3, 0.4) is 0 Å². The second kappa shape index (κ2) is 9.44. The molecule has 1 N–H and O–H groups in total. The highest BCUT2D eigenvalue weighted by Gasteiger charge is 2.27. The molecule has 2 aromatic rings. The van der Waals surface area contributed by atoms with Crippen molar-refractivity contribution in [1.29, 1.82) is 0 Å². The topological polar surface area (TPSA) is 44.8 Å². The summed E-state index contributed by atoms with van der Waals surface area (Å²) in [6.45, 7) is 4.37. The van der Waals surface area contributed by atoms with E-state index in [1.807, 2.05) is 28.8 Å². The molecule has 2 amide bonds.